The number of carbonyl (C=O) groups is 1. The summed E-state index contributed by atoms with van der Waals surface area (Å²) in [6.07, 6.45) is 0.660. The van der Waals surface area contributed by atoms with Crippen LogP contribution in [0.5, 0.6) is 0 Å². The first-order valence-corrected chi connectivity index (χ1v) is 6.04. The van der Waals surface area contributed by atoms with Crippen LogP contribution in [0, 0.1) is 10.1 Å². The van der Waals surface area contributed by atoms with Crippen LogP contribution in [-0.2, 0) is 0 Å². The normalized spacial score (nSPS) is 9.62. The van der Waals surface area contributed by atoms with Crippen LogP contribution in [0.25, 0.3) is 0 Å². The van der Waals surface area contributed by atoms with Gasteiger partial charge in [-0.15, -0.1) is 0 Å². The maximum atomic E-state index is 10.5. The van der Waals surface area contributed by atoms with Gasteiger partial charge in [0.15, 0.2) is 0 Å². The van der Waals surface area contributed by atoms with Crippen LogP contribution in [0.2, 0.25) is 5.82 Å². The molecule has 0 aromatic heterocycles. The van der Waals surface area contributed by atoms with Gasteiger partial charge in [-0.25, -0.2) is 0 Å². The van der Waals surface area contributed by atoms with Gasteiger partial charge in [-0.3, -0.25) is 0 Å². The third kappa shape index (κ3) is 1.94. The summed E-state index contributed by atoms with van der Waals surface area (Å²) in [6, 6.07) is 4.55. The minimum absolute atomic E-state index is 0.0418. The Balaban J connectivity index is 3.35. The van der Waals surface area contributed by atoms with Crippen LogP contribution in [0.3, 0.4) is 0 Å². The van der Waals surface area contributed by atoms with E-state index in [1.54, 1.807) is 6.07 Å². The zero-order valence-electron chi connectivity index (χ0n) is 6.89. The third-order valence-electron chi connectivity index (χ3n) is 1.55. The van der Waals surface area contributed by atoms with Crippen molar-refractivity contribution in [3.63, 3.8) is 0 Å². The molecule has 0 saturated heterocycles. The molecule has 0 heterocycles. The molecule has 0 unspecified atom stereocenters. The van der Waals surface area contributed by atoms with E-state index in [-0.39, 0.29) is 20.6 Å². The van der Waals surface area contributed by atoms with E-state index in [0.717, 1.165) is 0 Å². The van der Waals surface area contributed by atoms with E-state index in [2.05, 4.69) is 0 Å². The number of hydrogen-bond donors (Lipinski definition) is 0. The molecular formula is C8H7NO3Se. The van der Waals surface area contributed by atoms with Crippen LogP contribution >= 0.6 is 0 Å². The molecule has 0 radical (unpaired) electrons. The molecule has 4 nitrogen and oxygen atoms in total. The van der Waals surface area contributed by atoms with Gasteiger partial charge < -0.3 is 0 Å². The SMILES string of the molecule is C[Se]c1c(C=O)cccc1[N+](=O)[O-]. The molecule has 0 bridgehead atoms. The fourth-order valence-electron chi connectivity index (χ4n) is 1.00. The molecule has 0 saturated carbocycles. The van der Waals surface area contributed by atoms with Crippen molar-refractivity contribution in [2.45, 2.75) is 5.82 Å². The number of carbonyl (C=O) groups excluding carboxylic acids is 1. The van der Waals surface area contributed by atoms with Gasteiger partial charge in [0.05, 0.1) is 0 Å². The van der Waals surface area contributed by atoms with Crippen LogP contribution in [0.4, 0.5) is 5.69 Å². The summed E-state index contributed by atoms with van der Waals surface area (Å²) in [5.41, 5.74) is 0.476. The minimum atomic E-state index is -0.451. The van der Waals surface area contributed by atoms with E-state index < -0.39 is 4.92 Å². The van der Waals surface area contributed by atoms with Gasteiger partial charge in [0, 0.05) is 0 Å². The van der Waals surface area contributed by atoms with Gasteiger partial charge >= 0.3 is 80.8 Å². The predicted molar refractivity (Wildman–Crippen MR) is 49.7 cm³/mol. The van der Waals surface area contributed by atoms with Gasteiger partial charge in [0.2, 0.25) is 0 Å². The van der Waals surface area contributed by atoms with Crippen LogP contribution in [0.1, 0.15) is 10.4 Å². The number of rotatable bonds is 3. The van der Waals surface area contributed by atoms with Crippen LogP contribution in [0.15, 0.2) is 18.2 Å². The van der Waals surface area contributed by atoms with Crippen molar-refractivity contribution in [3.8, 4) is 0 Å². The van der Waals surface area contributed by atoms with Crippen molar-refractivity contribution in [3.05, 3.63) is 33.9 Å². The first-order chi connectivity index (χ1) is 6.20. The molecule has 68 valence electrons. The van der Waals surface area contributed by atoms with Crippen molar-refractivity contribution >= 4 is 31.4 Å². The molecule has 0 N–H and O–H groups in total. The molecule has 1 aromatic rings. The zero-order valence-corrected chi connectivity index (χ0v) is 8.60. The summed E-state index contributed by atoms with van der Waals surface area (Å²) in [4.78, 5) is 20.6. The number of aldehydes is 1. The average molecular weight is 244 g/mol. The van der Waals surface area contributed by atoms with E-state index in [9.17, 15) is 14.9 Å². The van der Waals surface area contributed by atoms with E-state index in [1.165, 1.54) is 12.1 Å². The molecule has 0 aliphatic carbocycles. The Morgan fingerprint density at radius 1 is 1.54 bits per heavy atom. The molecule has 0 amide bonds. The Bertz CT molecular complexity index is 351. The number of benzene rings is 1. The summed E-state index contributed by atoms with van der Waals surface area (Å²) in [6.45, 7) is 0. The average Bonchev–Trinajstić information content (AvgIpc) is 2.16. The maximum absolute atomic E-state index is 10.5. The number of nitro groups is 1. The van der Waals surface area contributed by atoms with Crippen molar-refractivity contribution < 1.29 is 9.72 Å². The quantitative estimate of drug-likeness (QED) is 0.341. The first-order valence-electron chi connectivity index (χ1n) is 3.47. The van der Waals surface area contributed by atoms with E-state index in [0.29, 0.717) is 16.3 Å². The van der Waals surface area contributed by atoms with Crippen molar-refractivity contribution in [2.75, 3.05) is 0 Å². The second-order valence-electron chi connectivity index (χ2n) is 2.27. The van der Waals surface area contributed by atoms with Crippen LogP contribution in [-0.4, -0.2) is 26.2 Å². The monoisotopic (exact) mass is 245 g/mol. The molecule has 0 aliphatic heterocycles. The number of nitro benzene ring substituents is 1. The molecular weight excluding hydrogens is 237 g/mol. The van der Waals surface area contributed by atoms with Crippen molar-refractivity contribution in [1.82, 2.24) is 0 Å². The molecule has 1 aromatic carbocycles. The molecule has 0 atom stereocenters. The standard InChI is InChI=1S/C8H7NO3Se/c1-13-8-6(5-10)3-2-4-7(8)9(11)12/h2-5H,1H3. The summed E-state index contributed by atoms with van der Waals surface area (Å²) >= 11 is -0.0418. The van der Waals surface area contributed by atoms with Gasteiger partial charge in [-0.05, 0) is 0 Å². The summed E-state index contributed by atoms with van der Waals surface area (Å²) < 4.78 is 0.565. The Hall–Kier alpha value is -1.19. The predicted octanol–water partition coefficient (Wildman–Crippen LogP) is 0.785. The number of nitrogens with zero attached hydrogens (tertiary/aromatic N) is 1. The Labute approximate surface area is 81.3 Å². The molecule has 0 aliphatic rings. The molecule has 0 spiro atoms. The van der Waals surface area contributed by atoms with Gasteiger partial charge in [0.25, 0.3) is 0 Å². The van der Waals surface area contributed by atoms with E-state index >= 15 is 0 Å². The molecule has 13 heavy (non-hydrogen) atoms. The second-order valence-corrected chi connectivity index (χ2v) is 3.99. The van der Waals surface area contributed by atoms with Gasteiger partial charge in [-0.1, -0.05) is 0 Å². The van der Waals surface area contributed by atoms with E-state index in [1.807, 2.05) is 5.82 Å². The fraction of sp³-hybridized carbons (Fsp3) is 0.125. The molecule has 1 rings (SSSR count). The summed E-state index contributed by atoms with van der Waals surface area (Å²) in [5, 5.41) is 10.5. The van der Waals surface area contributed by atoms with E-state index in [4.69, 9.17) is 0 Å². The first kappa shape index (κ1) is 9.89. The second kappa shape index (κ2) is 4.16. The van der Waals surface area contributed by atoms with Crippen LogP contribution < -0.4 is 4.46 Å². The van der Waals surface area contributed by atoms with Crippen molar-refractivity contribution in [2.24, 2.45) is 0 Å². The van der Waals surface area contributed by atoms with Gasteiger partial charge in [-0.2, -0.15) is 0 Å². The fourth-order valence-corrected chi connectivity index (χ4v) is 2.48. The Kier molecular flexibility index (Phi) is 3.17. The third-order valence-corrected chi connectivity index (χ3v) is 3.34. The topological polar surface area (TPSA) is 60.2 Å². The molecule has 0 fully saturated rings. The Morgan fingerprint density at radius 3 is 2.69 bits per heavy atom. The van der Waals surface area contributed by atoms with Gasteiger partial charge in [0.1, 0.15) is 0 Å². The van der Waals surface area contributed by atoms with Crippen molar-refractivity contribution in [1.29, 1.82) is 0 Å². The molecule has 5 heteroatoms. The summed E-state index contributed by atoms with van der Waals surface area (Å²) in [5.74, 6) is 1.85. The Morgan fingerprint density at radius 2 is 2.23 bits per heavy atom. The zero-order chi connectivity index (χ0) is 9.84. The summed E-state index contributed by atoms with van der Waals surface area (Å²) in [7, 11) is 0. The number of hydrogen-bond acceptors (Lipinski definition) is 3.